The minimum atomic E-state index is 0.694. The number of fused-ring (bicyclic) bond motifs is 5. The van der Waals surface area contributed by atoms with Crippen molar-refractivity contribution in [3.05, 3.63) is 35.5 Å². The summed E-state index contributed by atoms with van der Waals surface area (Å²) < 4.78 is 0. The molecule has 0 radical (unpaired) electrons. The molecule has 1 saturated heterocycles. The molecular formula is C14H16N2. The van der Waals surface area contributed by atoms with Crippen LogP contribution < -0.4 is 0 Å². The van der Waals surface area contributed by atoms with E-state index in [1.165, 1.54) is 48.9 Å². The van der Waals surface area contributed by atoms with Crippen LogP contribution in [-0.2, 0) is 6.42 Å². The van der Waals surface area contributed by atoms with Gasteiger partial charge in [0.25, 0.3) is 0 Å². The summed E-state index contributed by atoms with van der Waals surface area (Å²) in [6, 6.07) is 9.44. The lowest BCUT2D eigenvalue weighted by Gasteiger charge is -2.29. The van der Waals surface area contributed by atoms with Gasteiger partial charge in [-0.2, -0.15) is 0 Å². The molecule has 2 heteroatoms. The maximum Gasteiger partial charge on any atom is 0.0459 e. The second kappa shape index (κ2) is 3.11. The van der Waals surface area contributed by atoms with Gasteiger partial charge in [-0.15, -0.1) is 0 Å². The molecule has 1 aromatic heterocycles. The number of nitrogens with zero attached hydrogens (tertiary/aromatic N) is 1. The molecule has 1 fully saturated rings. The first-order chi connectivity index (χ1) is 7.93. The Morgan fingerprint density at radius 1 is 1.19 bits per heavy atom. The average molecular weight is 212 g/mol. The summed E-state index contributed by atoms with van der Waals surface area (Å²) in [4.78, 5) is 6.26. The van der Waals surface area contributed by atoms with Gasteiger partial charge in [0.05, 0.1) is 0 Å². The van der Waals surface area contributed by atoms with E-state index in [0.29, 0.717) is 6.04 Å². The molecule has 2 aromatic rings. The van der Waals surface area contributed by atoms with Gasteiger partial charge < -0.3 is 4.98 Å². The molecule has 0 saturated carbocycles. The molecule has 2 nitrogen and oxygen atoms in total. The zero-order chi connectivity index (χ0) is 10.5. The minimum absolute atomic E-state index is 0.694. The molecular weight excluding hydrogens is 196 g/mol. The van der Waals surface area contributed by atoms with Gasteiger partial charge in [-0.05, 0) is 31.0 Å². The average Bonchev–Trinajstić information content (AvgIpc) is 2.91. The lowest BCUT2D eigenvalue weighted by atomic mass is 9.96. The highest BCUT2D eigenvalue weighted by Gasteiger charge is 2.33. The van der Waals surface area contributed by atoms with Crippen molar-refractivity contribution in [2.75, 3.05) is 13.1 Å². The molecule has 2 aliphatic heterocycles. The van der Waals surface area contributed by atoms with Crippen molar-refractivity contribution in [1.82, 2.24) is 9.88 Å². The van der Waals surface area contributed by atoms with Crippen molar-refractivity contribution in [2.45, 2.75) is 25.3 Å². The first-order valence-electron chi connectivity index (χ1n) is 6.27. The Kier molecular flexibility index (Phi) is 1.71. The van der Waals surface area contributed by atoms with E-state index in [9.17, 15) is 0 Å². The van der Waals surface area contributed by atoms with Crippen molar-refractivity contribution < 1.29 is 0 Å². The van der Waals surface area contributed by atoms with Crippen LogP contribution in [0.4, 0.5) is 0 Å². The molecule has 0 spiro atoms. The quantitative estimate of drug-likeness (QED) is 0.711. The number of H-pyrrole nitrogens is 1. The molecule has 4 rings (SSSR count). The standard InChI is InChI=1S/C14H16N2/c1-2-5-11-10(4-1)14-12(15-11)7-9-16-8-3-6-13(14)16/h1-2,4-5,13,15H,3,6-9H2. The van der Waals surface area contributed by atoms with E-state index in [-0.39, 0.29) is 0 Å². The molecule has 0 aliphatic carbocycles. The summed E-state index contributed by atoms with van der Waals surface area (Å²) in [6.45, 7) is 2.54. The zero-order valence-electron chi connectivity index (χ0n) is 9.37. The fraction of sp³-hybridized carbons (Fsp3) is 0.429. The van der Waals surface area contributed by atoms with Crippen molar-refractivity contribution in [2.24, 2.45) is 0 Å². The van der Waals surface area contributed by atoms with Crippen LogP contribution in [0.15, 0.2) is 24.3 Å². The molecule has 82 valence electrons. The fourth-order valence-corrected chi connectivity index (χ4v) is 3.47. The molecule has 3 heterocycles. The van der Waals surface area contributed by atoms with Gasteiger partial charge in [0.15, 0.2) is 0 Å². The van der Waals surface area contributed by atoms with Crippen LogP contribution >= 0.6 is 0 Å². The van der Waals surface area contributed by atoms with Crippen LogP contribution in [-0.4, -0.2) is 23.0 Å². The Bertz CT molecular complexity index is 541. The minimum Gasteiger partial charge on any atom is -0.358 e. The molecule has 0 amide bonds. The number of nitrogens with one attached hydrogen (secondary N) is 1. The van der Waals surface area contributed by atoms with Gasteiger partial charge in [-0.25, -0.2) is 0 Å². The maximum atomic E-state index is 3.60. The van der Waals surface area contributed by atoms with Crippen LogP contribution in [0.5, 0.6) is 0 Å². The third kappa shape index (κ3) is 1.05. The van der Waals surface area contributed by atoms with E-state index in [4.69, 9.17) is 0 Å². The Morgan fingerprint density at radius 3 is 3.12 bits per heavy atom. The number of aromatic nitrogens is 1. The third-order valence-electron chi connectivity index (χ3n) is 4.17. The lowest BCUT2D eigenvalue weighted by Crippen LogP contribution is -2.30. The predicted octanol–water partition coefficient (Wildman–Crippen LogP) is 2.86. The van der Waals surface area contributed by atoms with Crippen molar-refractivity contribution in [3.8, 4) is 0 Å². The summed E-state index contributed by atoms with van der Waals surface area (Å²) >= 11 is 0. The Hall–Kier alpha value is -1.28. The Morgan fingerprint density at radius 2 is 2.12 bits per heavy atom. The van der Waals surface area contributed by atoms with Gasteiger partial charge >= 0.3 is 0 Å². The highest BCUT2D eigenvalue weighted by Crippen LogP contribution is 2.41. The fourth-order valence-electron chi connectivity index (χ4n) is 3.47. The zero-order valence-corrected chi connectivity index (χ0v) is 9.37. The first-order valence-corrected chi connectivity index (χ1v) is 6.27. The predicted molar refractivity (Wildman–Crippen MR) is 65.6 cm³/mol. The summed E-state index contributed by atoms with van der Waals surface area (Å²) in [5.74, 6) is 0. The van der Waals surface area contributed by atoms with Gasteiger partial charge in [0, 0.05) is 35.6 Å². The molecule has 16 heavy (non-hydrogen) atoms. The molecule has 1 N–H and O–H groups in total. The number of aromatic amines is 1. The highest BCUT2D eigenvalue weighted by atomic mass is 15.2. The van der Waals surface area contributed by atoms with Gasteiger partial charge in [0.1, 0.15) is 0 Å². The molecule has 1 unspecified atom stereocenters. The number of para-hydroxylation sites is 1. The lowest BCUT2D eigenvalue weighted by molar-refractivity contribution is 0.244. The van der Waals surface area contributed by atoms with E-state index in [2.05, 4.69) is 34.1 Å². The Labute approximate surface area is 95.3 Å². The number of hydrogen-bond acceptors (Lipinski definition) is 1. The third-order valence-corrected chi connectivity index (χ3v) is 4.17. The van der Waals surface area contributed by atoms with Gasteiger partial charge in [0.2, 0.25) is 0 Å². The van der Waals surface area contributed by atoms with E-state index in [1.807, 2.05) is 0 Å². The summed E-state index contributed by atoms with van der Waals surface area (Å²) in [6.07, 6.45) is 3.90. The monoisotopic (exact) mass is 212 g/mol. The van der Waals surface area contributed by atoms with Gasteiger partial charge in [-0.1, -0.05) is 18.2 Å². The highest BCUT2D eigenvalue weighted by molar-refractivity contribution is 5.85. The second-order valence-corrected chi connectivity index (χ2v) is 5.01. The van der Waals surface area contributed by atoms with Gasteiger partial charge in [-0.3, -0.25) is 4.90 Å². The van der Waals surface area contributed by atoms with Crippen LogP contribution in [0, 0.1) is 0 Å². The first kappa shape index (κ1) is 8.82. The SMILES string of the molecule is c1ccc2c3c([nH]c2c1)CCN1CCCC31. The van der Waals surface area contributed by atoms with E-state index in [0.717, 1.165) is 0 Å². The van der Waals surface area contributed by atoms with E-state index >= 15 is 0 Å². The van der Waals surface area contributed by atoms with Crippen LogP contribution in [0.1, 0.15) is 30.1 Å². The molecule has 2 aliphatic rings. The largest absolute Gasteiger partial charge is 0.358 e. The number of rotatable bonds is 0. The molecule has 1 aromatic carbocycles. The molecule has 1 atom stereocenters. The van der Waals surface area contributed by atoms with E-state index in [1.54, 1.807) is 5.56 Å². The Balaban J connectivity index is 1.99. The topological polar surface area (TPSA) is 19.0 Å². The smallest absolute Gasteiger partial charge is 0.0459 e. The van der Waals surface area contributed by atoms with Crippen LogP contribution in [0.2, 0.25) is 0 Å². The molecule has 0 bridgehead atoms. The van der Waals surface area contributed by atoms with Crippen LogP contribution in [0.25, 0.3) is 10.9 Å². The summed E-state index contributed by atoms with van der Waals surface area (Å²) in [7, 11) is 0. The normalized spacial score (nSPS) is 24.6. The number of hydrogen-bond donors (Lipinski definition) is 1. The summed E-state index contributed by atoms with van der Waals surface area (Å²) in [5, 5.41) is 1.45. The van der Waals surface area contributed by atoms with Crippen LogP contribution in [0.3, 0.4) is 0 Å². The number of benzene rings is 1. The van der Waals surface area contributed by atoms with Crippen molar-refractivity contribution >= 4 is 10.9 Å². The second-order valence-electron chi connectivity index (χ2n) is 5.01. The van der Waals surface area contributed by atoms with Crippen molar-refractivity contribution in [3.63, 3.8) is 0 Å². The van der Waals surface area contributed by atoms with Crippen molar-refractivity contribution in [1.29, 1.82) is 0 Å². The van der Waals surface area contributed by atoms with E-state index < -0.39 is 0 Å². The summed E-state index contributed by atoms with van der Waals surface area (Å²) in [5.41, 5.74) is 4.41. The maximum absolute atomic E-state index is 3.60.